The third-order valence-electron chi connectivity index (χ3n) is 2.00. The van der Waals surface area contributed by atoms with Gasteiger partial charge in [0.05, 0.1) is 0 Å². The molecule has 1 aromatic rings. The quantitative estimate of drug-likeness (QED) is 0.681. The van der Waals surface area contributed by atoms with E-state index in [0.717, 1.165) is 6.92 Å². The monoisotopic (exact) mass is 285 g/mol. The second-order valence-electron chi connectivity index (χ2n) is 3.36. The van der Waals surface area contributed by atoms with Crippen LogP contribution in [0.4, 0.5) is 13.2 Å². The Morgan fingerprint density at radius 1 is 1.28 bits per heavy atom. The molecule has 0 aliphatic carbocycles. The molecule has 0 saturated carbocycles. The fraction of sp³-hybridized carbons (Fsp3) is 0.273. The van der Waals surface area contributed by atoms with E-state index in [0.29, 0.717) is 0 Å². The molecule has 3 nitrogen and oxygen atoms in total. The van der Waals surface area contributed by atoms with E-state index in [1.165, 1.54) is 24.3 Å². The number of alkyl halides is 3. The summed E-state index contributed by atoms with van der Waals surface area (Å²) in [5.41, 5.74) is -1.32. The standard InChI is InChI=1S/C11H10F3NO2.K.H/c1-7(10(16)17)15-9(11(12,13)14)8-5-3-2-4-6-8;;/h2-7H,1H3,(H,16,17);;/b15-9+;;/t7-;;/m0../s1. The molecule has 1 atom stereocenters. The fourth-order valence-electron chi connectivity index (χ4n) is 1.16. The fourth-order valence-corrected chi connectivity index (χ4v) is 1.16. The van der Waals surface area contributed by atoms with Crippen LogP contribution >= 0.6 is 0 Å². The molecule has 0 spiro atoms. The number of carboxylic acids is 1. The summed E-state index contributed by atoms with van der Waals surface area (Å²) in [5, 5.41) is 8.57. The molecule has 1 N–H and O–H groups in total. The second-order valence-corrected chi connectivity index (χ2v) is 3.36. The molecular weight excluding hydrogens is 274 g/mol. The Balaban J connectivity index is 0.00000289. The molecule has 7 heteroatoms. The van der Waals surface area contributed by atoms with Crippen LogP contribution in [0.5, 0.6) is 0 Å². The molecule has 0 saturated heterocycles. The number of halogens is 3. The van der Waals surface area contributed by atoms with Gasteiger partial charge >= 0.3 is 63.5 Å². The number of rotatable bonds is 3. The first-order valence-electron chi connectivity index (χ1n) is 4.75. The second kappa shape index (κ2) is 7.39. The number of carboxylic acid groups (broad SMARTS) is 1. The maximum absolute atomic E-state index is 12.7. The summed E-state index contributed by atoms with van der Waals surface area (Å²) in [6.07, 6.45) is -4.68. The zero-order valence-electron chi connectivity index (χ0n) is 8.90. The van der Waals surface area contributed by atoms with Crippen molar-refractivity contribution in [1.82, 2.24) is 0 Å². The molecule has 0 unspecified atom stereocenters. The van der Waals surface area contributed by atoms with Crippen LogP contribution in [0, 0.1) is 0 Å². The van der Waals surface area contributed by atoms with Gasteiger partial charge in [0.15, 0.2) is 0 Å². The van der Waals surface area contributed by atoms with Gasteiger partial charge in [-0.2, -0.15) is 13.2 Å². The van der Waals surface area contributed by atoms with Crippen LogP contribution in [0.2, 0.25) is 0 Å². The van der Waals surface area contributed by atoms with Crippen molar-refractivity contribution < 1.29 is 23.1 Å². The summed E-state index contributed by atoms with van der Waals surface area (Å²) in [6.45, 7) is 1.09. The Kier molecular flexibility index (Phi) is 7.31. The number of hydrogen-bond donors (Lipinski definition) is 1. The van der Waals surface area contributed by atoms with Gasteiger partial charge in [-0.3, -0.25) is 4.99 Å². The van der Waals surface area contributed by atoms with Crippen LogP contribution in [0.1, 0.15) is 12.5 Å². The van der Waals surface area contributed by atoms with Crippen molar-refractivity contribution in [1.29, 1.82) is 0 Å². The third-order valence-corrected chi connectivity index (χ3v) is 2.00. The molecule has 1 aromatic carbocycles. The van der Waals surface area contributed by atoms with Crippen LogP contribution in [0.3, 0.4) is 0 Å². The van der Waals surface area contributed by atoms with Gasteiger partial charge in [0.1, 0.15) is 11.8 Å². The summed E-state index contributed by atoms with van der Waals surface area (Å²) in [5.74, 6) is -1.40. The first kappa shape index (κ1) is 17.8. The molecule has 18 heavy (non-hydrogen) atoms. The van der Waals surface area contributed by atoms with Gasteiger partial charge in [-0.05, 0) is 6.92 Å². The molecule has 0 aliphatic rings. The number of hydrogen-bond acceptors (Lipinski definition) is 2. The molecule has 0 heterocycles. The van der Waals surface area contributed by atoms with Crippen molar-refractivity contribution >= 4 is 63.1 Å². The van der Waals surface area contributed by atoms with E-state index in [9.17, 15) is 18.0 Å². The van der Waals surface area contributed by atoms with Gasteiger partial charge in [-0.25, -0.2) is 4.79 Å². The SMILES string of the molecule is C[C@H](/N=C(\c1ccccc1)C(F)(F)F)C(=O)O.[KH]. The van der Waals surface area contributed by atoms with Crippen LogP contribution in [-0.2, 0) is 4.79 Å². The van der Waals surface area contributed by atoms with E-state index in [1.807, 2.05) is 0 Å². The van der Waals surface area contributed by atoms with Crippen molar-refractivity contribution in [3.8, 4) is 0 Å². The number of carbonyl (C=O) groups is 1. The number of aliphatic carboxylic acids is 1. The zero-order valence-corrected chi connectivity index (χ0v) is 8.90. The van der Waals surface area contributed by atoms with Gasteiger partial charge in [-0.1, -0.05) is 30.3 Å². The van der Waals surface area contributed by atoms with Gasteiger partial charge < -0.3 is 5.11 Å². The predicted octanol–water partition coefficient (Wildman–Crippen LogP) is 1.86. The van der Waals surface area contributed by atoms with Crippen molar-refractivity contribution in [2.24, 2.45) is 4.99 Å². The van der Waals surface area contributed by atoms with E-state index in [1.54, 1.807) is 6.07 Å². The summed E-state index contributed by atoms with van der Waals surface area (Å²) in [6, 6.07) is 5.47. The first-order chi connectivity index (χ1) is 7.82. The van der Waals surface area contributed by atoms with Crippen molar-refractivity contribution in [2.45, 2.75) is 19.1 Å². The summed E-state index contributed by atoms with van der Waals surface area (Å²) >= 11 is 0. The Labute approximate surface area is 145 Å². The normalized spacial score (nSPS) is 13.7. The summed E-state index contributed by atoms with van der Waals surface area (Å²) < 4.78 is 38.1. The molecule has 1 rings (SSSR count). The van der Waals surface area contributed by atoms with Gasteiger partial charge in [0.2, 0.25) is 0 Å². The number of nitrogens with zero attached hydrogens (tertiary/aromatic N) is 1. The van der Waals surface area contributed by atoms with Gasteiger partial charge in [0.25, 0.3) is 0 Å². The molecule has 0 fully saturated rings. The molecule has 0 aromatic heterocycles. The Morgan fingerprint density at radius 3 is 2.17 bits per heavy atom. The first-order valence-corrected chi connectivity index (χ1v) is 4.75. The summed E-state index contributed by atoms with van der Waals surface area (Å²) in [4.78, 5) is 13.7. The number of aliphatic imine (C=N–C) groups is 1. The van der Waals surface area contributed by atoms with Crippen molar-refractivity contribution in [3.63, 3.8) is 0 Å². The average molecular weight is 285 g/mol. The van der Waals surface area contributed by atoms with Crippen LogP contribution in [0.15, 0.2) is 35.3 Å². The van der Waals surface area contributed by atoms with Gasteiger partial charge in [0, 0.05) is 5.56 Å². The predicted molar refractivity (Wildman–Crippen MR) is 63.3 cm³/mol. The molecular formula is C11H11F3KNO2. The van der Waals surface area contributed by atoms with Gasteiger partial charge in [-0.15, -0.1) is 0 Å². The molecule has 0 aliphatic heterocycles. The number of benzene rings is 1. The van der Waals surface area contributed by atoms with E-state index >= 15 is 0 Å². The van der Waals surface area contributed by atoms with Crippen LogP contribution in [-0.4, -0.2) is 80.4 Å². The Hall–Kier alpha value is -0.214. The maximum atomic E-state index is 12.7. The van der Waals surface area contributed by atoms with Crippen LogP contribution in [0.25, 0.3) is 0 Å². The van der Waals surface area contributed by atoms with E-state index in [4.69, 9.17) is 5.11 Å². The Bertz CT molecular complexity index is 432. The minimum absolute atomic E-state index is 0. The topological polar surface area (TPSA) is 49.7 Å². The molecule has 0 bridgehead atoms. The molecule has 94 valence electrons. The van der Waals surface area contributed by atoms with E-state index in [-0.39, 0.29) is 56.9 Å². The Morgan fingerprint density at radius 2 is 1.78 bits per heavy atom. The third kappa shape index (κ3) is 5.19. The van der Waals surface area contributed by atoms with E-state index in [2.05, 4.69) is 4.99 Å². The molecule has 0 amide bonds. The summed E-state index contributed by atoms with van der Waals surface area (Å²) in [7, 11) is 0. The van der Waals surface area contributed by atoms with Crippen molar-refractivity contribution in [2.75, 3.05) is 0 Å². The zero-order chi connectivity index (χ0) is 13.1. The van der Waals surface area contributed by atoms with E-state index < -0.39 is 23.9 Å². The average Bonchev–Trinajstić information content (AvgIpc) is 2.25. The molecule has 0 radical (unpaired) electrons. The van der Waals surface area contributed by atoms with Crippen molar-refractivity contribution in [3.05, 3.63) is 35.9 Å². The minimum atomic E-state index is -4.68. The van der Waals surface area contributed by atoms with Crippen LogP contribution < -0.4 is 0 Å².